The number of hydrogen-bond acceptors (Lipinski definition) is 1. The number of fused-ring (bicyclic) bond motifs is 16. The molecule has 0 saturated heterocycles. The fourth-order valence-electron chi connectivity index (χ4n) is 14.2. The highest BCUT2D eigenvalue weighted by Gasteiger charge is 2.52. The highest BCUT2D eigenvalue weighted by atomic mass is 15.1. The molecule has 0 saturated carbocycles. The molecule has 370 valence electrons. The molecule has 0 amide bonds. The van der Waals surface area contributed by atoms with Crippen LogP contribution in [0.2, 0.25) is 0 Å². The monoisotopic (exact) mass is 980 g/mol. The van der Waals surface area contributed by atoms with E-state index in [2.05, 4.69) is 286 Å². The number of benzene rings is 10. The summed E-state index contributed by atoms with van der Waals surface area (Å²) in [5.74, 6) is 0. The molecule has 10 aromatic rings. The van der Waals surface area contributed by atoms with E-state index in [4.69, 9.17) is 0 Å². The average molecular weight is 980 g/mol. The Morgan fingerprint density at radius 1 is 0.289 bits per heavy atom. The lowest BCUT2D eigenvalue weighted by Crippen LogP contribution is -2.27. The van der Waals surface area contributed by atoms with Crippen LogP contribution in [0, 0.1) is 0 Å². The van der Waals surface area contributed by atoms with Crippen LogP contribution in [0.3, 0.4) is 0 Å². The molecule has 14 rings (SSSR count). The minimum Gasteiger partial charge on any atom is -0.310 e. The van der Waals surface area contributed by atoms with Crippen LogP contribution in [0.25, 0.3) is 66.8 Å². The van der Waals surface area contributed by atoms with Gasteiger partial charge < -0.3 is 4.90 Å². The van der Waals surface area contributed by atoms with E-state index in [0.717, 1.165) is 17.1 Å². The second-order valence-corrected chi connectivity index (χ2v) is 25.3. The van der Waals surface area contributed by atoms with Crippen molar-refractivity contribution in [3.63, 3.8) is 0 Å². The molecule has 0 radical (unpaired) electrons. The van der Waals surface area contributed by atoms with Crippen molar-refractivity contribution in [1.82, 2.24) is 0 Å². The zero-order chi connectivity index (χ0) is 52.3. The van der Waals surface area contributed by atoms with E-state index in [9.17, 15) is 0 Å². The Hall–Kier alpha value is -8.00. The molecule has 4 aliphatic rings. The molecule has 10 aromatic carbocycles. The summed E-state index contributed by atoms with van der Waals surface area (Å²) in [7, 11) is 0. The average Bonchev–Trinajstić information content (AvgIpc) is 4.13. The van der Waals surface area contributed by atoms with Crippen LogP contribution in [0.4, 0.5) is 17.1 Å². The molecule has 1 heteroatoms. The van der Waals surface area contributed by atoms with Crippen LogP contribution in [0.5, 0.6) is 0 Å². The van der Waals surface area contributed by atoms with Crippen LogP contribution in [-0.4, -0.2) is 0 Å². The summed E-state index contributed by atoms with van der Waals surface area (Å²) >= 11 is 0. The molecule has 0 atom stereocenters. The van der Waals surface area contributed by atoms with E-state index >= 15 is 0 Å². The van der Waals surface area contributed by atoms with E-state index < -0.39 is 5.41 Å². The molecule has 0 fully saturated rings. The van der Waals surface area contributed by atoms with Gasteiger partial charge in [-0.1, -0.05) is 245 Å². The van der Waals surface area contributed by atoms with Crippen LogP contribution >= 0.6 is 0 Å². The van der Waals surface area contributed by atoms with Gasteiger partial charge in [-0.25, -0.2) is 0 Å². The van der Waals surface area contributed by atoms with Gasteiger partial charge in [-0.2, -0.15) is 0 Å². The summed E-state index contributed by atoms with van der Waals surface area (Å²) in [5.41, 5.74) is 31.9. The van der Waals surface area contributed by atoms with E-state index in [-0.39, 0.29) is 21.7 Å². The molecule has 0 aliphatic heterocycles. The third-order valence-corrected chi connectivity index (χ3v) is 18.2. The Morgan fingerprint density at radius 3 is 1.34 bits per heavy atom. The Bertz CT molecular complexity index is 4000. The Balaban J connectivity index is 0.951. The van der Waals surface area contributed by atoms with E-state index in [1.165, 1.54) is 122 Å². The standard InChI is InChI=1S/C75H65N/c1-71(2,3)48-33-39-56-57-40-34-49(72(4,5)6)44-68(57)75(67(56)43-48)63-27-17-12-21-53(63)55-38-32-47(42-66(55)75)46-30-35-50(36-31-46)76(51-37-41-54-52-20-11-15-25-61(52)74(9,10)65(54)45-51)69-29-18-14-22-58(69)59-24-19-28-64-70(59)60-23-13-16-26-62(60)73(64,7)8/h11-45H,1-10H3. The molecule has 4 aliphatic carbocycles. The number of anilines is 3. The number of nitrogens with zero attached hydrogens (tertiary/aromatic N) is 1. The molecule has 76 heavy (non-hydrogen) atoms. The van der Waals surface area contributed by atoms with Crippen molar-refractivity contribution < 1.29 is 0 Å². The topological polar surface area (TPSA) is 3.24 Å². The fraction of sp³-hybridized carbons (Fsp3) is 0.200. The summed E-state index contributed by atoms with van der Waals surface area (Å²) in [4.78, 5) is 2.52. The molecule has 0 unspecified atom stereocenters. The largest absolute Gasteiger partial charge is 0.310 e. The first-order valence-electron chi connectivity index (χ1n) is 27.5. The quantitative estimate of drug-likeness (QED) is 0.166. The Kier molecular flexibility index (Phi) is 9.80. The van der Waals surface area contributed by atoms with Crippen LogP contribution in [0.15, 0.2) is 212 Å². The van der Waals surface area contributed by atoms with Gasteiger partial charge in [0.05, 0.1) is 11.1 Å². The van der Waals surface area contributed by atoms with Gasteiger partial charge in [-0.05, 0) is 164 Å². The molecule has 1 spiro atoms. The van der Waals surface area contributed by atoms with Crippen molar-refractivity contribution in [1.29, 1.82) is 0 Å². The summed E-state index contributed by atoms with van der Waals surface area (Å²) in [6.07, 6.45) is 0. The normalized spacial score (nSPS) is 15.3. The molecule has 1 nitrogen and oxygen atoms in total. The van der Waals surface area contributed by atoms with E-state index in [1.54, 1.807) is 0 Å². The first-order valence-corrected chi connectivity index (χ1v) is 27.5. The Morgan fingerprint density at radius 2 is 0.711 bits per heavy atom. The molecule has 0 N–H and O–H groups in total. The van der Waals surface area contributed by atoms with E-state index in [1.807, 2.05) is 0 Å². The second kappa shape index (κ2) is 16.0. The van der Waals surface area contributed by atoms with Crippen LogP contribution < -0.4 is 4.90 Å². The van der Waals surface area contributed by atoms with Gasteiger partial charge in [-0.3, -0.25) is 0 Å². The Labute approximate surface area is 450 Å². The van der Waals surface area contributed by atoms with Crippen molar-refractivity contribution in [2.24, 2.45) is 0 Å². The molecular weight excluding hydrogens is 915 g/mol. The molecule has 0 bridgehead atoms. The zero-order valence-electron chi connectivity index (χ0n) is 45.7. The zero-order valence-corrected chi connectivity index (χ0v) is 45.7. The molecular formula is C75H65N. The maximum atomic E-state index is 2.55. The predicted octanol–water partition coefficient (Wildman–Crippen LogP) is 20.0. The third kappa shape index (κ3) is 6.45. The fourth-order valence-corrected chi connectivity index (χ4v) is 14.2. The third-order valence-electron chi connectivity index (χ3n) is 18.2. The van der Waals surface area contributed by atoms with Crippen molar-refractivity contribution in [3.05, 3.63) is 268 Å². The maximum absolute atomic E-state index is 2.55. The summed E-state index contributed by atoms with van der Waals surface area (Å²) in [5, 5.41) is 0. The first-order chi connectivity index (χ1) is 36.5. The molecule has 0 heterocycles. The predicted molar refractivity (Wildman–Crippen MR) is 321 cm³/mol. The minimum atomic E-state index is -0.468. The first kappa shape index (κ1) is 46.5. The van der Waals surface area contributed by atoms with Gasteiger partial charge in [0.2, 0.25) is 0 Å². The van der Waals surface area contributed by atoms with Gasteiger partial charge in [0.25, 0.3) is 0 Å². The van der Waals surface area contributed by atoms with Crippen molar-refractivity contribution >= 4 is 17.1 Å². The van der Waals surface area contributed by atoms with Gasteiger partial charge in [-0.15, -0.1) is 0 Å². The van der Waals surface area contributed by atoms with Crippen LogP contribution in [0.1, 0.15) is 125 Å². The number of para-hydroxylation sites is 1. The lowest BCUT2D eigenvalue weighted by molar-refractivity contribution is 0.586. The highest BCUT2D eigenvalue weighted by Crippen LogP contribution is 2.64. The SMILES string of the molecule is CC(C)(C)c1ccc2c(c1)C1(c3ccccc3-c3ccc(-c4ccc(N(c5ccc6c(c5)C(C)(C)c5ccccc5-6)c5ccccc5-c5cccc6c5-c5ccccc5C6(C)C)cc4)cc31)c1cc(C(C)(C)C)ccc1-2. The van der Waals surface area contributed by atoms with Crippen molar-refractivity contribution in [2.45, 2.75) is 96.3 Å². The summed E-state index contributed by atoms with van der Waals surface area (Å²) < 4.78 is 0. The van der Waals surface area contributed by atoms with Gasteiger partial charge >= 0.3 is 0 Å². The number of rotatable bonds is 5. The molecule has 0 aromatic heterocycles. The second-order valence-electron chi connectivity index (χ2n) is 25.3. The van der Waals surface area contributed by atoms with Crippen molar-refractivity contribution in [3.8, 4) is 66.8 Å². The smallest absolute Gasteiger partial charge is 0.0725 e. The van der Waals surface area contributed by atoms with Gasteiger partial charge in [0, 0.05) is 27.8 Å². The highest BCUT2D eigenvalue weighted by molar-refractivity contribution is 6.00. The van der Waals surface area contributed by atoms with Gasteiger partial charge in [0.15, 0.2) is 0 Å². The summed E-state index contributed by atoms with van der Waals surface area (Å²) in [6, 6.07) is 81.9. The minimum absolute atomic E-state index is 0.00896. The van der Waals surface area contributed by atoms with Crippen molar-refractivity contribution in [2.75, 3.05) is 4.90 Å². The van der Waals surface area contributed by atoms with Gasteiger partial charge in [0.1, 0.15) is 0 Å². The number of hydrogen-bond donors (Lipinski definition) is 0. The van der Waals surface area contributed by atoms with E-state index in [0.29, 0.717) is 0 Å². The maximum Gasteiger partial charge on any atom is 0.0725 e. The summed E-state index contributed by atoms with van der Waals surface area (Å²) in [6.45, 7) is 23.6. The lowest BCUT2D eigenvalue weighted by Gasteiger charge is -2.33. The van der Waals surface area contributed by atoms with Crippen LogP contribution in [-0.2, 0) is 27.1 Å². The lowest BCUT2D eigenvalue weighted by atomic mass is 9.68.